The van der Waals surface area contributed by atoms with Crippen LogP contribution in [0.1, 0.15) is 10.4 Å². The smallest absolute Gasteiger partial charge is 0.339 e. The number of carboxylic acid groups (broad SMARTS) is 1. The highest BCUT2D eigenvalue weighted by atomic mass is 16.4. The van der Waals surface area contributed by atoms with Gasteiger partial charge in [0.25, 0.3) is 0 Å². The first kappa shape index (κ1) is 9.33. The van der Waals surface area contributed by atoms with Gasteiger partial charge in [0.2, 0.25) is 0 Å². The van der Waals surface area contributed by atoms with Gasteiger partial charge in [-0.1, -0.05) is 6.07 Å². The van der Waals surface area contributed by atoms with Crippen molar-refractivity contribution in [2.24, 2.45) is 0 Å². The molecular weight excluding hydrogens is 194 g/mol. The third kappa shape index (κ3) is 1.69. The van der Waals surface area contributed by atoms with E-state index in [1.807, 2.05) is 12.1 Å². The Hall–Kier alpha value is -2.23. The summed E-state index contributed by atoms with van der Waals surface area (Å²) in [5.74, 6) is -1.36. The molecule has 2 aromatic rings. The van der Waals surface area contributed by atoms with E-state index < -0.39 is 5.97 Å². The minimum atomic E-state index is -1.13. The standard InChI is InChI=1S/C11H9NO3/c13-10-6-7(9-2-1-5-12-9)3-4-8(10)11(14)15/h1-6,12-13H,(H,14,15). The van der Waals surface area contributed by atoms with Crippen molar-refractivity contribution >= 4 is 5.97 Å². The maximum Gasteiger partial charge on any atom is 0.339 e. The normalized spacial score (nSPS) is 10.1. The summed E-state index contributed by atoms with van der Waals surface area (Å²) in [5.41, 5.74) is 1.50. The van der Waals surface area contributed by atoms with E-state index in [1.54, 1.807) is 12.3 Å². The SMILES string of the molecule is O=C(O)c1ccc(-c2ccc[nH]2)cc1O. The number of H-pyrrole nitrogens is 1. The third-order valence-corrected chi connectivity index (χ3v) is 2.14. The zero-order valence-corrected chi connectivity index (χ0v) is 7.77. The van der Waals surface area contributed by atoms with Gasteiger partial charge in [0.1, 0.15) is 11.3 Å². The molecule has 3 N–H and O–H groups in total. The first-order valence-electron chi connectivity index (χ1n) is 4.38. The summed E-state index contributed by atoms with van der Waals surface area (Å²) in [4.78, 5) is 13.6. The van der Waals surface area contributed by atoms with Crippen LogP contribution in [0.25, 0.3) is 11.3 Å². The molecule has 2 rings (SSSR count). The lowest BCUT2D eigenvalue weighted by Crippen LogP contribution is -1.96. The van der Waals surface area contributed by atoms with Crippen LogP contribution >= 0.6 is 0 Å². The molecule has 0 radical (unpaired) electrons. The Morgan fingerprint density at radius 1 is 1.27 bits per heavy atom. The number of phenols is 1. The number of aromatic amines is 1. The Morgan fingerprint density at radius 3 is 2.60 bits per heavy atom. The molecule has 76 valence electrons. The molecule has 0 aliphatic heterocycles. The number of nitrogens with one attached hydrogen (secondary N) is 1. The van der Waals surface area contributed by atoms with Crippen LogP contribution in [-0.2, 0) is 0 Å². The highest BCUT2D eigenvalue weighted by Crippen LogP contribution is 2.25. The zero-order chi connectivity index (χ0) is 10.8. The van der Waals surface area contributed by atoms with Crippen molar-refractivity contribution in [3.05, 3.63) is 42.1 Å². The average molecular weight is 203 g/mol. The molecular formula is C11H9NO3. The lowest BCUT2D eigenvalue weighted by molar-refractivity contribution is 0.0694. The highest BCUT2D eigenvalue weighted by Gasteiger charge is 2.10. The Balaban J connectivity index is 2.47. The molecule has 0 fully saturated rings. The summed E-state index contributed by atoms with van der Waals surface area (Å²) in [6.07, 6.45) is 1.76. The number of aromatic hydroxyl groups is 1. The Morgan fingerprint density at radius 2 is 2.07 bits per heavy atom. The minimum absolute atomic E-state index is 0.0923. The first-order chi connectivity index (χ1) is 7.18. The topological polar surface area (TPSA) is 73.3 Å². The van der Waals surface area contributed by atoms with Gasteiger partial charge < -0.3 is 15.2 Å². The fourth-order valence-electron chi connectivity index (χ4n) is 1.39. The van der Waals surface area contributed by atoms with E-state index in [-0.39, 0.29) is 11.3 Å². The van der Waals surface area contributed by atoms with Crippen LogP contribution in [0.15, 0.2) is 36.5 Å². The van der Waals surface area contributed by atoms with Crippen LogP contribution in [-0.4, -0.2) is 21.2 Å². The summed E-state index contributed by atoms with van der Waals surface area (Å²) in [5, 5.41) is 18.2. The number of aromatic carboxylic acids is 1. The van der Waals surface area contributed by atoms with Crippen LogP contribution in [0, 0.1) is 0 Å². The maximum absolute atomic E-state index is 10.7. The van der Waals surface area contributed by atoms with E-state index in [1.165, 1.54) is 12.1 Å². The third-order valence-electron chi connectivity index (χ3n) is 2.14. The molecule has 15 heavy (non-hydrogen) atoms. The molecule has 0 atom stereocenters. The van der Waals surface area contributed by atoms with Gasteiger partial charge in [0, 0.05) is 17.5 Å². The second-order valence-electron chi connectivity index (χ2n) is 3.12. The maximum atomic E-state index is 10.7. The fraction of sp³-hybridized carbons (Fsp3) is 0. The molecule has 0 unspecified atom stereocenters. The van der Waals surface area contributed by atoms with Crippen LogP contribution in [0.2, 0.25) is 0 Å². The van der Waals surface area contributed by atoms with Crippen molar-refractivity contribution in [1.29, 1.82) is 0 Å². The molecule has 0 bridgehead atoms. The molecule has 0 spiro atoms. The molecule has 4 heteroatoms. The molecule has 1 heterocycles. The second-order valence-corrected chi connectivity index (χ2v) is 3.12. The number of rotatable bonds is 2. The highest BCUT2D eigenvalue weighted by molar-refractivity contribution is 5.91. The number of carbonyl (C=O) groups is 1. The van der Waals surface area contributed by atoms with Gasteiger partial charge in [-0.2, -0.15) is 0 Å². The van der Waals surface area contributed by atoms with E-state index in [0.29, 0.717) is 0 Å². The monoisotopic (exact) mass is 203 g/mol. The Kier molecular flexibility index (Phi) is 2.17. The Bertz CT molecular complexity index is 489. The van der Waals surface area contributed by atoms with Crippen molar-refractivity contribution in [3.63, 3.8) is 0 Å². The van der Waals surface area contributed by atoms with Crippen molar-refractivity contribution in [2.75, 3.05) is 0 Å². The van der Waals surface area contributed by atoms with Crippen molar-refractivity contribution in [2.45, 2.75) is 0 Å². The Labute approximate surface area is 85.8 Å². The lowest BCUT2D eigenvalue weighted by atomic mass is 10.1. The molecule has 4 nitrogen and oxygen atoms in total. The quantitative estimate of drug-likeness (QED) is 0.699. The molecule has 1 aromatic heterocycles. The number of carboxylic acids is 1. The predicted octanol–water partition coefficient (Wildman–Crippen LogP) is 2.09. The van der Waals surface area contributed by atoms with Crippen molar-refractivity contribution in [3.8, 4) is 17.0 Å². The molecule has 0 aliphatic carbocycles. The minimum Gasteiger partial charge on any atom is -0.507 e. The average Bonchev–Trinajstić information content (AvgIpc) is 2.69. The molecule has 1 aromatic carbocycles. The molecule has 0 amide bonds. The number of hydrogen-bond donors (Lipinski definition) is 3. The van der Waals surface area contributed by atoms with Gasteiger partial charge >= 0.3 is 5.97 Å². The fourth-order valence-corrected chi connectivity index (χ4v) is 1.39. The van der Waals surface area contributed by atoms with Gasteiger partial charge in [0.05, 0.1) is 0 Å². The van der Waals surface area contributed by atoms with E-state index in [2.05, 4.69) is 4.98 Å². The van der Waals surface area contributed by atoms with Crippen LogP contribution < -0.4 is 0 Å². The first-order valence-corrected chi connectivity index (χ1v) is 4.38. The van der Waals surface area contributed by atoms with E-state index >= 15 is 0 Å². The van der Waals surface area contributed by atoms with Crippen LogP contribution in [0.5, 0.6) is 5.75 Å². The van der Waals surface area contributed by atoms with Crippen LogP contribution in [0.3, 0.4) is 0 Å². The second kappa shape index (κ2) is 3.49. The van der Waals surface area contributed by atoms with Gasteiger partial charge in [-0.25, -0.2) is 4.79 Å². The predicted molar refractivity (Wildman–Crippen MR) is 54.9 cm³/mol. The van der Waals surface area contributed by atoms with Gasteiger partial charge in [0.15, 0.2) is 0 Å². The van der Waals surface area contributed by atoms with Crippen molar-refractivity contribution < 1.29 is 15.0 Å². The van der Waals surface area contributed by atoms with E-state index in [4.69, 9.17) is 5.11 Å². The summed E-state index contributed by atoms with van der Waals surface area (Å²) in [7, 11) is 0. The summed E-state index contributed by atoms with van der Waals surface area (Å²) < 4.78 is 0. The van der Waals surface area contributed by atoms with Crippen molar-refractivity contribution in [1.82, 2.24) is 4.98 Å². The van der Waals surface area contributed by atoms with E-state index in [0.717, 1.165) is 11.3 Å². The lowest BCUT2D eigenvalue weighted by Gasteiger charge is -2.02. The summed E-state index contributed by atoms with van der Waals surface area (Å²) in [6.45, 7) is 0. The number of hydrogen-bond acceptors (Lipinski definition) is 2. The number of benzene rings is 1. The van der Waals surface area contributed by atoms with E-state index in [9.17, 15) is 9.90 Å². The molecule has 0 aliphatic rings. The van der Waals surface area contributed by atoms with Crippen LogP contribution in [0.4, 0.5) is 0 Å². The molecule has 0 saturated heterocycles. The zero-order valence-electron chi connectivity index (χ0n) is 7.77. The van der Waals surface area contributed by atoms with Gasteiger partial charge in [-0.3, -0.25) is 0 Å². The summed E-state index contributed by atoms with van der Waals surface area (Å²) >= 11 is 0. The largest absolute Gasteiger partial charge is 0.507 e. The number of aromatic nitrogens is 1. The van der Waals surface area contributed by atoms with Gasteiger partial charge in [-0.15, -0.1) is 0 Å². The van der Waals surface area contributed by atoms with Gasteiger partial charge in [-0.05, 0) is 24.3 Å². The summed E-state index contributed by atoms with van der Waals surface area (Å²) in [6, 6.07) is 8.13. The molecule has 0 saturated carbocycles.